The summed E-state index contributed by atoms with van der Waals surface area (Å²) in [5, 5.41) is 0. The van der Waals surface area contributed by atoms with Gasteiger partial charge in [-0.05, 0) is 0 Å². The molecule has 0 saturated carbocycles. The van der Waals surface area contributed by atoms with Crippen molar-refractivity contribution >= 4 is 0 Å². The van der Waals surface area contributed by atoms with Crippen LogP contribution in [0.2, 0.25) is 0 Å². The molecule has 18 valence electrons. The molecule has 0 saturated heterocycles. The quantitative estimate of drug-likeness (QED) is 0.509. The third kappa shape index (κ3) is 9.17. The fourth-order valence-corrected chi connectivity index (χ4v) is 0. The predicted molar refractivity (Wildman–Crippen MR) is 0.686 cm³/mol. The number of hydrogen-bond acceptors (Lipinski definition) is 0. The minimum absolute atomic E-state index is 0. The van der Waals surface area contributed by atoms with Gasteiger partial charge in [0.05, 0.1) is 0 Å². The Morgan fingerprint density at radius 3 is 1.00 bits per heavy atom. The summed E-state index contributed by atoms with van der Waals surface area (Å²) in [5.41, 5.74) is 0. The van der Waals surface area contributed by atoms with Crippen molar-refractivity contribution in [3.05, 3.63) is 0 Å². The van der Waals surface area contributed by atoms with E-state index in [1.807, 2.05) is 0 Å². The van der Waals surface area contributed by atoms with E-state index in [4.69, 9.17) is 0 Å². The molecule has 4 heteroatoms. The molecular formula is MnORuTi+7. The summed E-state index contributed by atoms with van der Waals surface area (Å²) in [5.74, 6) is 0. The summed E-state index contributed by atoms with van der Waals surface area (Å²) in [6, 6.07) is 0. The topological polar surface area (TPSA) is 28.5 Å². The molecular weight excluding hydrogens is 220 g/mol. The van der Waals surface area contributed by atoms with Crippen LogP contribution in [0, 0.1) is 0 Å². The Labute approximate surface area is 63.3 Å². The summed E-state index contributed by atoms with van der Waals surface area (Å²) < 4.78 is 0. The second-order valence-corrected chi connectivity index (χ2v) is 0. The van der Waals surface area contributed by atoms with Gasteiger partial charge in [0.2, 0.25) is 0 Å². The summed E-state index contributed by atoms with van der Waals surface area (Å²) >= 11 is 0. The Morgan fingerprint density at radius 1 is 1.00 bits per heavy atom. The van der Waals surface area contributed by atoms with Crippen LogP contribution < -0.4 is 0 Å². The molecule has 0 fully saturated rings. The first-order chi connectivity index (χ1) is 0. The molecule has 0 unspecified atom stereocenters. The maximum absolute atomic E-state index is 0. The van der Waals surface area contributed by atoms with Crippen molar-refractivity contribution in [3.8, 4) is 0 Å². The van der Waals surface area contributed by atoms with E-state index in [2.05, 4.69) is 0 Å². The van der Waals surface area contributed by atoms with Crippen LogP contribution in [-0.2, 0) is 63.7 Å². The molecule has 0 bridgehead atoms. The average molecular weight is 220 g/mol. The van der Waals surface area contributed by atoms with Gasteiger partial charge in [-0.15, -0.1) is 0 Å². The van der Waals surface area contributed by atoms with E-state index in [9.17, 15) is 0 Å². The van der Waals surface area contributed by atoms with Crippen LogP contribution in [0.3, 0.4) is 0 Å². The molecule has 0 aliphatic heterocycles. The van der Waals surface area contributed by atoms with Crippen molar-refractivity contribution in [1.82, 2.24) is 0 Å². The SMILES string of the molecule is [Mn+2].[O-2].[Ru+3].[Ti+4]. The van der Waals surface area contributed by atoms with Gasteiger partial charge in [0.25, 0.3) is 0 Å². The molecule has 0 N–H and O–H groups in total. The third-order valence-electron chi connectivity index (χ3n) is 0. The first-order valence-electron chi connectivity index (χ1n) is 0. The fourth-order valence-electron chi connectivity index (χ4n) is 0. The molecule has 0 aromatic rings. The van der Waals surface area contributed by atoms with Crippen molar-refractivity contribution in [3.63, 3.8) is 0 Å². The molecule has 0 aromatic heterocycles. The van der Waals surface area contributed by atoms with E-state index in [1.165, 1.54) is 0 Å². The van der Waals surface area contributed by atoms with E-state index in [0.717, 1.165) is 0 Å². The van der Waals surface area contributed by atoms with E-state index in [0.29, 0.717) is 0 Å². The van der Waals surface area contributed by atoms with Gasteiger partial charge in [0.1, 0.15) is 0 Å². The molecule has 0 aliphatic carbocycles. The van der Waals surface area contributed by atoms with Crippen LogP contribution in [0.5, 0.6) is 0 Å². The smallest absolute Gasteiger partial charge is 2.00 e. The van der Waals surface area contributed by atoms with Crippen molar-refractivity contribution in [2.75, 3.05) is 0 Å². The van der Waals surface area contributed by atoms with Gasteiger partial charge in [-0.1, -0.05) is 0 Å². The van der Waals surface area contributed by atoms with E-state index < -0.39 is 0 Å². The summed E-state index contributed by atoms with van der Waals surface area (Å²) in [7, 11) is 0. The van der Waals surface area contributed by atoms with E-state index in [-0.39, 0.29) is 63.7 Å². The largest absolute Gasteiger partial charge is 4.00 e. The number of hydrogen-bond donors (Lipinski definition) is 0. The zero-order valence-corrected chi connectivity index (χ0v) is 6.12. The second kappa shape index (κ2) is 21.3. The molecule has 0 atom stereocenters. The van der Waals surface area contributed by atoms with E-state index in [1.54, 1.807) is 0 Å². The Morgan fingerprint density at radius 2 is 1.00 bits per heavy atom. The van der Waals surface area contributed by atoms with Crippen LogP contribution in [0.15, 0.2) is 0 Å². The van der Waals surface area contributed by atoms with Crippen LogP contribution >= 0.6 is 0 Å². The minimum atomic E-state index is 0. The van der Waals surface area contributed by atoms with Gasteiger partial charge in [-0.3, -0.25) is 0 Å². The minimum Gasteiger partial charge on any atom is -2.00 e. The fraction of sp³-hybridized carbons (Fsp3) is 0. The standard InChI is InChI=1S/Mn.O.Ru.Ti/q+2;-2;+3;+4. The van der Waals surface area contributed by atoms with Gasteiger partial charge in [0.15, 0.2) is 0 Å². The molecule has 0 spiro atoms. The molecule has 1 nitrogen and oxygen atoms in total. The van der Waals surface area contributed by atoms with E-state index >= 15 is 0 Å². The Bertz CT molecular complexity index is 8.00. The predicted octanol–water partition coefficient (Wildman–Crippen LogP) is -0.126. The Balaban J connectivity index is 0. The molecule has 0 aliphatic rings. The summed E-state index contributed by atoms with van der Waals surface area (Å²) in [4.78, 5) is 0. The summed E-state index contributed by atoms with van der Waals surface area (Å²) in [6.07, 6.45) is 0. The van der Waals surface area contributed by atoms with Crippen molar-refractivity contribution in [1.29, 1.82) is 0 Å². The van der Waals surface area contributed by atoms with Crippen LogP contribution in [0.1, 0.15) is 0 Å². The third-order valence-corrected chi connectivity index (χ3v) is 0. The monoisotopic (exact) mass is 221 g/mol. The van der Waals surface area contributed by atoms with Gasteiger partial charge in [0, 0.05) is 0 Å². The van der Waals surface area contributed by atoms with Gasteiger partial charge < -0.3 is 5.48 Å². The maximum Gasteiger partial charge on any atom is 4.00 e. The normalized spacial score (nSPS) is 0. The molecule has 0 heterocycles. The molecule has 0 amide bonds. The van der Waals surface area contributed by atoms with Crippen LogP contribution in [0.25, 0.3) is 0 Å². The average Bonchev–Trinajstić information content (AvgIpc) is 0. The molecule has 0 aromatic carbocycles. The van der Waals surface area contributed by atoms with Gasteiger partial charge in [-0.2, -0.15) is 0 Å². The van der Waals surface area contributed by atoms with Crippen molar-refractivity contribution in [2.45, 2.75) is 0 Å². The second-order valence-electron chi connectivity index (χ2n) is 0. The Hall–Kier alpha value is 1.82. The Kier molecular flexibility index (Phi) is 217. The first kappa shape index (κ1) is 40.9. The molecule has 2 radical (unpaired) electrons. The first-order valence-corrected chi connectivity index (χ1v) is 0. The van der Waals surface area contributed by atoms with Gasteiger partial charge in [-0.25, -0.2) is 0 Å². The van der Waals surface area contributed by atoms with Crippen molar-refractivity contribution < 1.29 is 63.7 Å². The molecule has 0 rings (SSSR count). The number of rotatable bonds is 0. The van der Waals surface area contributed by atoms with Gasteiger partial charge >= 0.3 is 58.3 Å². The summed E-state index contributed by atoms with van der Waals surface area (Å²) in [6.45, 7) is 0. The molecule has 4 heavy (non-hydrogen) atoms. The van der Waals surface area contributed by atoms with Crippen molar-refractivity contribution in [2.24, 2.45) is 0 Å². The maximum atomic E-state index is 0. The van der Waals surface area contributed by atoms with Crippen LogP contribution in [-0.4, -0.2) is 0 Å². The zero-order chi connectivity index (χ0) is 0. The van der Waals surface area contributed by atoms with Crippen LogP contribution in [0.4, 0.5) is 0 Å². The zero-order valence-electron chi connectivity index (χ0n) is 1.64.